The second kappa shape index (κ2) is 3.70. The van der Waals surface area contributed by atoms with Gasteiger partial charge in [0.15, 0.2) is 0 Å². The lowest BCUT2D eigenvalue weighted by atomic mass is 10.0. The van der Waals surface area contributed by atoms with Crippen LogP contribution in [0.1, 0.15) is 0 Å². The Morgan fingerprint density at radius 2 is 1.65 bits per heavy atom. The zero-order chi connectivity index (χ0) is 11.8. The van der Waals surface area contributed by atoms with Gasteiger partial charge in [0.25, 0.3) is 0 Å². The van der Waals surface area contributed by atoms with Crippen molar-refractivity contribution < 1.29 is 8.78 Å². The molecule has 0 unspecified atom stereocenters. The quantitative estimate of drug-likeness (QED) is 0.646. The average Bonchev–Trinajstić information content (AvgIpc) is 2.75. The minimum atomic E-state index is -0.562. The summed E-state index contributed by atoms with van der Waals surface area (Å²) in [6.45, 7) is 0. The van der Waals surface area contributed by atoms with Crippen LogP contribution in [0.25, 0.3) is 22.0 Å². The fourth-order valence-corrected chi connectivity index (χ4v) is 2.05. The van der Waals surface area contributed by atoms with Crippen LogP contribution >= 0.6 is 0 Å². The number of halogens is 2. The van der Waals surface area contributed by atoms with Gasteiger partial charge in [0.05, 0.1) is 0 Å². The third-order valence-electron chi connectivity index (χ3n) is 2.77. The van der Waals surface area contributed by atoms with Crippen molar-refractivity contribution >= 4 is 10.9 Å². The molecule has 0 saturated heterocycles. The van der Waals surface area contributed by atoms with Crippen LogP contribution in [0.3, 0.4) is 0 Å². The van der Waals surface area contributed by atoms with Crippen LogP contribution in [0.15, 0.2) is 48.7 Å². The minimum absolute atomic E-state index is 0.549. The van der Waals surface area contributed by atoms with Gasteiger partial charge >= 0.3 is 0 Å². The molecule has 0 fully saturated rings. The van der Waals surface area contributed by atoms with Gasteiger partial charge in [0, 0.05) is 23.2 Å². The summed E-state index contributed by atoms with van der Waals surface area (Å²) in [6.07, 6.45) is 1.81. The van der Waals surface area contributed by atoms with E-state index in [4.69, 9.17) is 0 Å². The molecule has 0 radical (unpaired) electrons. The molecule has 0 spiro atoms. The minimum Gasteiger partial charge on any atom is -0.361 e. The fourth-order valence-electron chi connectivity index (χ4n) is 2.05. The third-order valence-corrected chi connectivity index (χ3v) is 2.77. The Kier molecular flexibility index (Phi) is 2.18. The van der Waals surface area contributed by atoms with Crippen molar-refractivity contribution in [1.82, 2.24) is 4.98 Å². The number of fused-ring (bicyclic) bond motifs is 1. The standard InChI is InChI=1S/C14H9F2N/c15-10-6-9(7-11(16)8-10)12-2-1-3-14-13(12)4-5-17-14/h1-8,17H. The highest BCUT2D eigenvalue weighted by molar-refractivity contribution is 5.94. The first-order chi connectivity index (χ1) is 8.24. The van der Waals surface area contributed by atoms with Crippen molar-refractivity contribution in [2.45, 2.75) is 0 Å². The Balaban J connectivity index is 2.30. The van der Waals surface area contributed by atoms with E-state index in [9.17, 15) is 8.78 Å². The first-order valence-electron chi connectivity index (χ1n) is 5.26. The number of H-pyrrole nitrogens is 1. The fraction of sp³-hybridized carbons (Fsp3) is 0. The Hall–Kier alpha value is -2.16. The monoisotopic (exact) mass is 229 g/mol. The van der Waals surface area contributed by atoms with Gasteiger partial charge in [-0.3, -0.25) is 0 Å². The highest BCUT2D eigenvalue weighted by Crippen LogP contribution is 2.28. The molecule has 1 N–H and O–H groups in total. The lowest BCUT2D eigenvalue weighted by Crippen LogP contribution is -1.84. The molecule has 0 aliphatic carbocycles. The Bertz CT molecular complexity index is 665. The molecule has 1 heterocycles. The van der Waals surface area contributed by atoms with Gasteiger partial charge < -0.3 is 4.98 Å². The summed E-state index contributed by atoms with van der Waals surface area (Å²) >= 11 is 0. The molecule has 0 aliphatic heterocycles. The topological polar surface area (TPSA) is 15.8 Å². The number of benzene rings is 2. The summed E-state index contributed by atoms with van der Waals surface area (Å²) in [7, 11) is 0. The van der Waals surface area contributed by atoms with E-state index < -0.39 is 11.6 Å². The van der Waals surface area contributed by atoms with E-state index in [0.717, 1.165) is 22.5 Å². The number of aromatic amines is 1. The maximum absolute atomic E-state index is 13.2. The van der Waals surface area contributed by atoms with Gasteiger partial charge in [-0.1, -0.05) is 12.1 Å². The highest BCUT2D eigenvalue weighted by Gasteiger charge is 2.07. The molecule has 3 aromatic rings. The molecule has 0 atom stereocenters. The second-order valence-corrected chi connectivity index (χ2v) is 3.90. The molecular formula is C14H9F2N. The highest BCUT2D eigenvalue weighted by atomic mass is 19.1. The Morgan fingerprint density at radius 3 is 2.41 bits per heavy atom. The van der Waals surface area contributed by atoms with E-state index in [1.165, 1.54) is 12.1 Å². The zero-order valence-corrected chi connectivity index (χ0v) is 8.87. The van der Waals surface area contributed by atoms with E-state index >= 15 is 0 Å². The molecule has 0 amide bonds. The van der Waals surface area contributed by atoms with Crippen LogP contribution < -0.4 is 0 Å². The van der Waals surface area contributed by atoms with Crippen LogP contribution in [0, 0.1) is 11.6 Å². The van der Waals surface area contributed by atoms with Gasteiger partial charge in [-0.25, -0.2) is 8.78 Å². The number of hydrogen-bond donors (Lipinski definition) is 1. The maximum Gasteiger partial charge on any atom is 0.126 e. The van der Waals surface area contributed by atoms with Crippen molar-refractivity contribution in [2.24, 2.45) is 0 Å². The number of aromatic nitrogens is 1. The van der Waals surface area contributed by atoms with Crippen molar-refractivity contribution in [3.63, 3.8) is 0 Å². The van der Waals surface area contributed by atoms with Crippen molar-refractivity contribution in [3.8, 4) is 11.1 Å². The second-order valence-electron chi connectivity index (χ2n) is 3.90. The predicted octanol–water partition coefficient (Wildman–Crippen LogP) is 4.11. The van der Waals surface area contributed by atoms with Gasteiger partial charge in [-0.15, -0.1) is 0 Å². The predicted molar refractivity (Wildman–Crippen MR) is 63.7 cm³/mol. The molecule has 3 rings (SSSR count). The summed E-state index contributed by atoms with van der Waals surface area (Å²) in [4.78, 5) is 3.07. The normalized spacial score (nSPS) is 10.9. The summed E-state index contributed by atoms with van der Waals surface area (Å²) in [5.74, 6) is -1.12. The van der Waals surface area contributed by atoms with Gasteiger partial charge in [-0.05, 0) is 35.4 Å². The zero-order valence-electron chi connectivity index (χ0n) is 8.87. The molecule has 0 bridgehead atoms. The molecule has 0 aliphatic rings. The first kappa shape index (κ1) is 10.0. The summed E-state index contributed by atoms with van der Waals surface area (Å²) in [5.41, 5.74) is 2.32. The van der Waals surface area contributed by atoms with Crippen molar-refractivity contribution in [3.05, 3.63) is 60.3 Å². The average molecular weight is 229 g/mol. The summed E-state index contributed by atoms with van der Waals surface area (Å²) < 4.78 is 26.4. The summed E-state index contributed by atoms with van der Waals surface area (Å²) in [5, 5.41) is 0.956. The van der Waals surface area contributed by atoms with Crippen LogP contribution in [0.5, 0.6) is 0 Å². The largest absolute Gasteiger partial charge is 0.361 e. The molecular weight excluding hydrogens is 220 g/mol. The molecule has 1 aromatic heterocycles. The third kappa shape index (κ3) is 1.69. The SMILES string of the molecule is Fc1cc(F)cc(-c2cccc3[nH]ccc23)c1. The molecule has 2 aromatic carbocycles. The van der Waals surface area contributed by atoms with Crippen molar-refractivity contribution in [1.29, 1.82) is 0 Å². The van der Waals surface area contributed by atoms with Crippen LogP contribution in [-0.4, -0.2) is 4.98 Å². The lowest BCUT2D eigenvalue weighted by Gasteiger charge is -2.04. The van der Waals surface area contributed by atoms with Crippen LogP contribution in [0.4, 0.5) is 8.78 Å². The first-order valence-corrected chi connectivity index (χ1v) is 5.26. The van der Waals surface area contributed by atoms with E-state index in [1.54, 1.807) is 0 Å². The van der Waals surface area contributed by atoms with Crippen LogP contribution in [0.2, 0.25) is 0 Å². The van der Waals surface area contributed by atoms with Gasteiger partial charge in [0.1, 0.15) is 11.6 Å². The lowest BCUT2D eigenvalue weighted by molar-refractivity contribution is 0.584. The molecule has 1 nitrogen and oxygen atoms in total. The van der Waals surface area contributed by atoms with Gasteiger partial charge in [0.2, 0.25) is 0 Å². The number of rotatable bonds is 1. The summed E-state index contributed by atoms with van der Waals surface area (Å²) in [6, 6.07) is 11.1. The van der Waals surface area contributed by atoms with E-state index in [1.807, 2.05) is 30.5 Å². The molecule has 84 valence electrons. The Morgan fingerprint density at radius 1 is 0.882 bits per heavy atom. The van der Waals surface area contributed by atoms with Gasteiger partial charge in [-0.2, -0.15) is 0 Å². The molecule has 17 heavy (non-hydrogen) atoms. The van der Waals surface area contributed by atoms with Crippen molar-refractivity contribution in [2.75, 3.05) is 0 Å². The number of hydrogen-bond acceptors (Lipinski definition) is 0. The maximum atomic E-state index is 13.2. The van der Waals surface area contributed by atoms with Crippen LogP contribution in [-0.2, 0) is 0 Å². The van der Waals surface area contributed by atoms with E-state index in [2.05, 4.69) is 4.98 Å². The Labute approximate surface area is 96.7 Å². The smallest absolute Gasteiger partial charge is 0.126 e. The number of nitrogens with one attached hydrogen (secondary N) is 1. The van der Waals surface area contributed by atoms with E-state index in [-0.39, 0.29) is 0 Å². The van der Waals surface area contributed by atoms with E-state index in [0.29, 0.717) is 5.56 Å². The molecule has 3 heteroatoms. The molecule has 0 saturated carbocycles.